The highest BCUT2D eigenvalue weighted by atomic mass is 16.5. The summed E-state index contributed by atoms with van der Waals surface area (Å²) in [5.41, 5.74) is 6.27. The Morgan fingerprint density at radius 1 is 1.00 bits per heavy atom. The van der Waals surface area contributed by atoms with Crippen molar-refractivity contribution in [1.82, 2.24) is 19.6 Å². The molecule has 1 fully saturated rings. The average Bonchev–Trinajstić information content (AvgIpc) is 3.34. The summed E-state index contributed by atoms with van der Waals surface area (Å²) in [7, 11) is 3.30. The highest BCUT2D eigenvalue weighted by Gasteiger charge is 2.26. The van der Waals surface area contributed by atoms with E-state index in [2.05, 4.69) is 33.1 Å². The van der Waals surface area contributed by atoms with Gasteiger partial charge in [-0.2, -0.15) is 5.10 Å². The fourth-order valence-electron chi connectivity index (χ4n) is 4.96. The summed E-state index contributed by atoms with van der Waals surface area (Å²) in [5.74, 6) is 2.14. The van der Waals surface area contributed by atoms with Gasteiger partial charge in [-0.15, -0.1) is 0 Å². The third-order valence-electron chi connectivity index (χ3n) is 6.87. The van der Waals surface area contributed by atoms with Gasteiger partial charge in [0.05, 0.1) is 51.2 Å². The van der Waals surface area contributed by atoms with Crippen LogP contribution in [0.4, 0.5) is 5.69 Å². The Morgan fingerprint density at radius 3 is 2.67 bits per heavy atom. The largest absolute Gasteiger partial charge is 0.493 e. The number of nitrogens with zero attached hydrogens (tertiary/aromatic N) is 5. The van der Waals surface area contributed by atoms with Crippen molar-refractivity contribution in [3.63, 3.8) is 0 Å². The maximum atomic E-state index is 6.40. The number of aryl methyl sites for hydroxylation is 1. The van der Waals surface area contributed by atoms with E-state index in [-0.39, 0.29) is 6.10 Å². The van der Waals surface area contributed by atoms with Crippen LogP contribution < -0.4 is 19.1 Å². The van der Waals surface area contributed by atoms with Crippen LogP contribution in [0.3, 0.4) is 0 Å². The Balaban J connectivity index is 1.23. The van der Waals surface area contributed by atoms with Crippen LogP contribution in [-0.4, -0.2) is 60.1 Å². The van der Waals surface area contributed by atoms with Crippen molar-refractivity contribution in [3.05, 3.63) is 71.3 Å². The van der Waals surface area contributed by atoms with Crippen LogP contribution in [0.25, 0.3) is 5.65 Å². The van der Waals surface area contributed by atoms with E-state index in [1.807, 2.05) is 35.2 Å². The van der Waals surface area contributed by atoms with Gasteiger partial charge in [0.1, 0.15) is 6.10 Å². The number of benzene rings is 1. The Hall–Kier alpha value is -3.85. The lowest BCUT2D eigenvalue weighted by Crippen LogP contribution is -2.36. The van der Waals surface area contributed by atoms with Crippen molar-refractivity contribution >= 4 is 11.3 Å². The Labute approximate surface area is 209 Å². The summed E-state index contributed by atoms with van der Waals surface area (Å²) in [5, 5.41) is 4.70. The molecule has 0 bridgehead atoms. The number of hydrogen-bond acceptors (Lipinski definition) is 8. The zero-order chi connectivity index (χ0) is 24.5. The number of ether oxygens (including phenoxy) is 4. The van der Waals surface area contributed by atoms with E-state index < -0.39 is 0 Å². The van der Waals surface area contributed by atoms with Crippen molar-refractivity contribution in [2.24, 2.45) is 0 Å². The molecule has 1 aromatic carbocycles. The van der Waals surface area contributed by atoms with Gasteiger partial charge in [0, 0.05) is 43.4 Å². The van der Waals surface area contributed by atoms with Gasteiger partial charge < -0.3 is 23.8 Å². The summed E-state index contributed by atoms with van der Waals surface area (Å²) in [6, 6.07) is 10.2. The van der Waals surface area contributed by atoms with Gasteiger partial charge >= 0.3 is 0 Å². The van der Waals surface area contributed by atoms with Gasteiger partial charge in [-0.3, -0.25) is 0 Å². The summed E-state index contributed by atoms with van der Waals surface area (Å²) in [4.78, 5) is 11.2. The molecular weight excluding hydrogens is 458 g/mol. The second-order valence-corrected chi connectivity index (χ2v) is 9.07. The maximum absolute atomic E-state index is 6.40. The van der Waals surface area contributed by atoms with Crippen LogP contribution in [0.1, 0.15) is 34.9 Å². The third kappa shape index (κ3) is 4.30. The van der Waals surface area contributed by atoms with Crippen molar-refractivity contribution in [2.45, 2.75) is 25.4 Å². The van der Waals surface area contributed by atoms with Gasteiger partial charge in [0.15, 0.2) is 17.1 Å². The highest BCUT2D eigenvalue weighted by Crippen LogP contribution is 2.42. The van der Waals surface area contributed by atoms with Crippen molar-refractivity contribution in [1.29, 1.82) is 0 Å². The molecule has 3 aromatic heterocycles. The number of imidazole rings is 1. The molecule has 1 atom stereocenters. The molecule has 0 amide bonds. The SMILES string of the molecule is COc1ccc(C2CCc3cc(Cc4cnc5cc(N6CCOCC6)cnn45)cc(OC)c3O2)cn1. The van der Waals surface area contributed by atoms with Gasteiger partial charge in [-0.25, -0.2) is 14.5 Å². The molecule has 6 rings (SSSR count). The second kappa shape index (κ2) is 9.66. The lowest BCUT2D eigenvalue weighted by Gasteiger charge is -2.28. The molecule has 0 spiro atoms. The minimum absolute atomic E-state index is 0.0701. The smallest absolute Gasteiger partial charge is 0.212 e. The molecule has 4 aromatic rings. The fraction of sp³-hybridized carbons (Fsp3) is 0.370. The normalized spacial score (nSPS) is 17.5. The molecule has 0 aliphatic carbocycles. The summed E-state index contributed by atoms with van der Waals surface area (Å²) < 4.78 is 24.7. The van der Waals surface area contributed by atoms with Crippen molar-refractivity contribution < 1.29 is 18.9 Å². The molecule has 2 aliphatic heterocycles. The molecule has 9 heteroatoms. The summed E-state index contributed by atoms with van der Waals surface area (Å²) in [6.07, 6.45) is 8.02. The fourth-order valence-corrected chi connectivity index (χ4v) is 4.96. The zero-order valence-electron chi connectivity index (χ0n) is 20.5. The lowest BCUT2D eigenvalue weighted by atomic mass is 9.95. The van der Waals surface area contributed by atoms with Gasteiger partial charge in [0.2, 0.25) is 5.88 Å². The first-order chi connectivity index (χ1) is 17.7. The molecule has 5 heterocycles. The number of hydrogen-bond donors (Lipinski definition) is 0. The monoisotopic (exact) mass is 487 g/mol. The third-order valence-corrected chi connectivity index (χ3v) is 6.87. The molecule has 9 nitrogen and oxygen atoms in total. The van der Waals surface area contributed by atoms with Gasteiger partial charge in [0.25, 0.3) is 0 Å². The van der Waals surface area contributed by atoms with Crippen LogP contribution in [0.15, 0.2) is 48.9 Å². The number of pyridine rings is 1. The maximum Gasteiger partial charge on any atom is 0.212 e. The summed E-state index contributed by atoms with van der Waals surface area (Å²) >= 11 is 0. The minimum atomic E-state index is -0.0701. The molecule has 36 heavy (non-hydrogen) atoms. The van der Waals surface area contributed by atoms with E-state index in [1.165, 1.54) is 0 Å². The number of rotatable bonds is 6. The van der Waals surface area contributed by atoms with Crippen LogP contribution in [0.2, 0.25) is 0 Å². The second-order valence-electron chi connectivity index (χ2n) is 9.07. The van der Waals surface area contributed by atoms with E-state index >= 15 is 0 Å². The molecule has 0 radical (unpaired) electrons. The van der Waals surface area contributed by atoms with Crippen LogP contribution in [0, 0.1) is 0 Å². The zero-order valence-corrected chi connectivity index (χ0v) is 20.5. The molecule has 2 aliphatic rings. The van der Waals surface area contributed by atoms with Crippen LogP contribution in [-0.2, 0) is 17.6 Å². The number of methoxy groups -OCH3 is 2. The van der Waals surface area contributed by atoms with Crippen LogP contribution >= 0.6 is 0 Å². The predicted octanol–water partition coefficient (Wildman–Crippen LogP) is 3.64. The first-order valence-corrected chi connectivity index (χ1v) is 12.2. The standard InChI is InChI=1S/C27H29N5O4/c1-33-24-13-18(11-19-3-5-23(36-27(19)24)20-4-6-26(34-2)29-15-20)12-22-16-28-25-14-21(17-30-32(22)25)31-7-9-35-10-8-31/h4,6,11,13-17,23H,3,5,7-10,12H2,1-2H3. The minimum Gasteiger partial charge on any atom is -0.493 e. The van der Waals surface area contributed by atoms with Crippen LogP contribution in [0.5, 0.6) is 17.4 Å². The van der Waals surface area contributed by atoms with Crippen molar-refractivity contribution in [2.75, 3.05) is 45.4 Å². The topological polar surface area (TPSA) is 83.2 Å². The van der Waals surface area contributed by atoms with E-state index in [4.69, 9.17) is 24.0 Å². The highest BCUT2D eigenvalue weighted by molar-refractivity contribution is 5.56. The van der Waals surface area contributed by atoms with Crippen molar-refractivity contribution in [3.8, 4) is 17.4 Å². The number of morpholine rings is 1. The molecular formula is C27H29N5O4. The average molecular weight is 488 g/mol. The van der Waals surface area contributed by atoms with E-state index in [0.29, 0.717) is 12.3 Å². The van der Waals surface area contributed by atoms with Gasteiger partial charge in [-0.1, -0.05) is 6.07 Å². The first kappa shape index (κ1) is 22.6. The first-order valence-electron chi connectivity index (χ1n) is 12.2. The summed E-state index contributed by atoms with van der Waals surface area (Å²) in [6.45, 7) is 3.23. The lowest BCUT2D eigenvalue weighted by molar-refractivity contribution is 0.122. The van der Waals surface area contributed by atoms with E-state index in [1.54, 1.807) is 14.2 Å². The Bertz CT molecular complexity index is 1350. The molecule has 0 saturated carbocycles. The van der Waals surface area contributed by atoms with E-state index in [9.17, 15) is 0 Å². The quantitative estimate of drug-likeness (QED) is 0.408. The Morgan fingerprint density at radius 2 is 1.89 bits per heavy atom. The molecule has 0 N–H and O–H groups in total. The molecule has 1 unspecified atom stereocenters. The predicted molar refractivity (Wildman–Crippen MR) is 134 cm³/mol. The number of fused-ring (bicyclic) bond motifs is 2. The van der Waals surface area contributed by atoms with Gasteiger partial charge in [-0.05, 0) is 36.1 Å². The molecule has 1 saturated heterocycles. The molecule has 186 valence electrons. The van der Waals surface area contributed by atoms with E-state index in [0.717, 1.165) is 84.4 Å². The Kier molecular flexibility index (Phi) is 6.06. The number of anilines is 1. The number of aromatic nitrogens is 4.